The summed E-state index contributed by atoms with van der Waals surface area (Å²) < 4.78 is 54.4. The van der Waals surface area contributed by atoms with E-state index in [-0.39, 0.29) is 17.5 Å². The molecule has 28 heteroatoms. The number of hydrogen-bond acceptors (Lipinski definition) is 14. The molecular formula is C69H70BBrF3N21O2. The van der Waals surface area contributed by atoms with Crippen LogP contribution in [0.1, 0.15) is 67.4 Å². The zero-order chi connectivity index (χ0) is 68.2. The van der Waals surface area contributed by atoms with Crippen molar-refractivity contribution in [1.82, 2.24) is 87.4 Å². The quantitative estimate of drug-likeness (QED) is 0.0372. The molecule has 0 fully saturated rings. The van der Waals surface area contributed by atoms with Crippen LogP contribution in [0.5, 0.6) is 0 Å². The molecule has 0 saturated heterocycles. The van der Waals surface area contributed by atoms with Crippen LogP contribution in [0.3, 0.4) is 0 Å². The number of aromatic nitrogens is 18. The minimum absolute atomic E-state index is 0.206. The van der Waals surface area contributed by atoms with Gasteiger partial charge >= 0.3 is 7.12 Å². The second-order valence-corrected chi connectivity index (χ2v) is 24.5. The molecule has 12 heterocycles. The number of hydrogen-bond donors (Lipinski definition) is 8. The van der Waals surface area contributed by atoms with Crippen molar-refractivity contribution in [2.24, 2.45) is 21.1 Å². The molecule has 0 aliphatic carbocycles. The summed E-state index contributed by atoms with van der Waals surface area (Å²) in [7, 11) is 4.07. The molecule has 12 aromatic heterocycles. The summed E-state index contributed by atoms with van der Waals surface area (Å²) >= 11 is 3.44. The van der Waals surface area contributed by atoms with E-state index in [2.05, 4.69) is 113 Å². The molecule has 0 unspecified atom stereocenters. The van der Waals surface area contributed by atoms with Gasteiger partial charge in [0.1, 0.15) is 22.1 Å². The molecule has 0 atom stereocenters. The highest BCUT2D eigenvalue weighted by Crippen LogP contribution is 2.31. The Kier molecular flexibility index (Phi) is 19.4. The predicted molar refractivity (Wildman–Crippen MR) is 379 cm³/mol. The largest absolute Gasteiger partial charge is 0.491 e. The van der Waals surface area contributed by atoms with Crippen LogP contribution < -0.4 is 21.4 Å². The summed E-state index contributed by atoms with van der Waals surface area (Å²) in [6.07, 6.45) is 29.3. The van der Waals surface area contributed by atoms with Gasteiger partial charge in [-0.1, -0.05) is 45.2 Å². The summed E-state index contributed by atoms with van der Waals surface area (Å²) in [5.74, 6) is 1.73. The third kappa shape index (κ3) is 14.3. The first kappa shape index (κ1) is 65.9. The summed E-state index contributed by atoms with van der Waals surface area (Å²) in [6.45, 7) is 18.0. The van der Waals surface area contributed by atoms with E-state index in [1.807, 2.05) is 111 Å². The van der Waals surface area contributed by atoms with Gasteiger partial charge < -0.3 is 41.0 Å². The maximum atomic E-state index is 14.3. The Morgan fingerprint density at radius 2 is 0.918 bits per heavy atom. The third-order valence-corrected chi connectivity index (χ3v) is 16.6. The van der Waals surface area contributed by atoms with Crippen molar-refractivity contribution in [3.05, 3.63) is 217 Å². The lowest BCUT2D eigenvalue weighted by molar-refractivity contribution is 0.425. The third-order valence-electron chi connectivity index (χ3n) is 16.2. The monoisotopic (exact) mass is 1370 g/mol. The smallest absolute Gasteiger partial charge is 0.423 e. The molecule has 97 heavy (non-hydrogen) atoms. The lowest BCUT2D eigenvalue weighted by Gasteiger charge is -2.11. The fourth-order valence-electron chi connectivity index (χ4n) is 11.5. The number of anilines is 3. The van der Waals surface area contributed by atoms with Gasteiger partial charge in [-0.3, -0.25) is 27.2 Å². The second kappa shape index (κ2) is 28.5. The number of rotatable bonds is 18. The fraction of sp³-hybridized carbons (Fsp3) is 0.203. The number of allylic oxidation sites excluding steroid dienone is 2. The van der Waals surface area contributed by atoms with Crippen molar-refractivity contribution >= 4 is 107 Å². The molecular weight excluding hydrogens is 1300 g/mol. The number of aryl methyl sites for hydroxylation is 3. The molecule has 15 rings (SSSR count). The van der Waals surface area contributed by atoms with E-state index in [1.54, 1.807) is 65.6 Å². The molecule has 0 radical (unpaired) electrons. The topological polar surface area (TPSA) is 268 Å². The Morgan fingerprint density at radius 1 is 0.526 bits per heavy atom. The minimum atomic E-state index is -1.40. The van der Waals surface area contributed by atoms with Crippen LogP contribution in [0.15, 0.2) is 165 Å². The zero-order valence-corrected chi connectivity index (χ0v) is 55.9. The van der Waals surface area contributed by atoms with Crippen LogP contribution in [-0.4, -0.2) is 124 Å². The van der Waals surface area contributed by atoms with E-state index in [0.29, 0.717) is 88.5 Å². The Labute approximate surface area is 563 Å². The van der Waals surface area contributed by atoms with Crippen LogP contribution in [0.4, 0.5) is 30.6 Å². The van der Waals surface area contributed by atoms with E-state index in [0.717, 1.165) is 101 Å². The molecule has 0 aliphatic heterocycles. The highest BCUT2D eigenvalue weighted by molar-refractivity contribution is 9.10. The van der Waals surface area contributed by atoms with E-state index in [4.69, 9.17) is 20.0 Å². The number of aromatic amines is 3. The number of nitrogens with one attached hydrogen (secondary N) is 6. The summed E-state index contributed by atoms with van der Waals surface area (Å²) in [5.41, 5.74) is 16.1. The molecule has 0 saturated carbocycles. The summed E-state index contributed by atoms with van der Waals surface area (Å²) in [4.78, 5) is 37.1. The normalized spacial score (nSPS) is 11.4. The number of imidazole rings is 3. The first-order chi connectivity index (χ1) is 46.8. The summed E-state index contributed by atoms with van der Waals surface area (Å²) in [5, 5.41) is 41.4. The van der Waals surface area contributed by atoms with E-state index in [9.17, 15) is 13.2 Å². The van der Waals surface area contributed by atoms with Crippen molar-refractivity contribution in [3.8, 4) is 22.5 Å². The average Bonchev–Trinajstić information content (AvgIpc) is 1.68. The van der Waals surface area contributed by atoms with Crippen molar-refractivity contribution in [2.45, 2.75) is 52.9 Å². The molecule has 494 valence electrons. The van der Waals surface area contributed by atoms with Crippen molar-refractivity contribution in [1.29, 1.82) is 0 Å². The lowest BCUT2D eigenvalue weighted by Crippen LogP contribution is -2.28. The highest BCUT2D eigenvalue weighted by Gasteiger charge is 2.20. The average molecular weight is 1370 g/mol. The van der Waals surface area contributed by atoms with Crippen LogP contribution in [0.25, 0.3) is 83.3 Å². The number of halogens is 4. The number of nitrogens with zero attached hydrogens (tertiary/aromatic N) is 15. The van der Waals surface area contributed by atoms with E-state index >= 15 is 0 Å². The number of fused-ring (bicyclic) bond motifs is 6. The van der Waals surface area contributed by atoms with Gasteiger partial charge in [0.2, 0.25) is 0 Å². The van der Waals surface area contributed by atoms with Gasteiger partial charge in [0.05, 0.1) is 47.6 Å². The molecule has 0 spiro atoms. The Bertz CT molecular complexity index is 5340. The molecule has 0 aliphatic rings. The Balaban J connectivity index is 0.000000131. The Morgan fingerprint density at radius 3 is 1.30 bits per heavy atom. The zero-order valence-electron chi connectivity index (χ0n) is 54.3. The van der Waals surface area contributed by atoms with E-state index < -0.39 is 7.12 Å². The molecule has 8 N–H and O–H groups in total. The second-order valence-electron chi connectivity index (χ2n) is 23.7. The first-order valence-corrected chi connectivity index (χ1v) is 31.9. The molecule has 0 amide bonds. The number of benzene rings is 3. The lowest BCUT2D eigenvalue weighted by atomic mass is 9.83. The van der Waals surface area contributed by atoms with Crippen LogP contribution in [0.2, 0.25) is 0 Å². The van der Waals surface area contributed by atoms with Gasteiger partial charge in [0.15, 0.2) is 34.4 Å². The van der Waals surface area contributed by atoms with Gasteiger partial charge in [-0.25, -0.2) is 43.1 Å². The van der Waals surface area contributed by atoms with Gasteiger partial charge in [0.25, 0.3) is 0 Å². The Hall–Kier alpha value is -11.1. The predicted octanol–water partition coefficient (Wildman–Crippen LogP) is 11.9. The highest BCUT2D eigenvalue weighted by atomic mass is 79.9. The van der Waals surface area contributed by atoms with Crippen molar-refractivity contribution < 1.29 is 23.2 Å². The van der Waals surface area contributed by atoms with Crippen molar-refractivity contribution in [2.75, 3.05) is 35.6 Å². The standard InChI is InChI=1S/C23H24FN7.C23H22FN7.C19H17BrFN5.C4H7BN2O2/c2*1-14(2)20-11-27-23-22(29-19(13-31(20)23)16-10-28-30(3)12-16)25-8-7-15-9-26-18-6-4-5-17(24)21(15)18;1-11(2)15-9-24-19-18(25-16(20)10-26(15)19)22-7-6-12-8-23-14-5-3-4-13(21)17(12)14;1-7-3-4(2-6-7)5(8)9/h4-6,9-14,26H,7-8H2,1-3H3,(H,25,29);4-6,9-13,26H,1,7-8H2,2-3H3,(H,25,29);3-5,8-10,23H,1,6-7H2,2H3,(H,22,25);2-3,8-9H,1H3. The van der Waals surface area contributed by atoms with E-state index in [1.165, 1.54) is 29.1 Å². The SMILES string of the molecule is C=C(C)c1cnc2c(NCCc3c[nH]c4cccc(F)c34)nc(-c3cnn(C)c3)cn12.C=C(C)c1cnc2c(NCCc3c[nH]c4cccc(F)c34)nc(Br)cn12.CC(C)c1cnc2c(NCCc3c[nH]c4cccc(F)c34)nc(-c3cnn(C)c3)cn12.Cn1cc(B(O)O)cn1. The van der Waals surface area contributed by atoms with Gasteiger partial charge in [-0.2, -0.15) is 15.3 Å². The first-order valence-electron chi connectivity index (χ1n) is 31.2. The minimum Gasteiger partial charge on any atom is -0.423 e. The summed E-state index contributed by atoms with van der Waals surface area (Å²) in [6, 6.07) is 15.2. The molecule has 15 aromatic rings. The maximum Gasteiger partial charge on any atom is 0.491 e. The van der Waals surface area contributed by atoms with Crippen LogP contribution >= 0.6 is 15.9 Å². The maximum absolute atomic E-state index is 14.3. The van der Waals surface area contributed by atoms with Crippen LogP contribution in [-0.2, 0) is 40.4 Å². The van der Waals surface area contributed by atoms with Crippen molar-refractivity contribution in [3.63, 3.8) is 0 Å². The fourth-order valence-corrected chi connectivity index (χ4v) is 11.9. The molecule has 23 nitrogen and oxygen atoms in total. The van der Waals surface area contributed by atoms with Gasteiger partial charge in [0, 0.05) is 164 Å². The number of H-pyrrole nitrogens is 3. The molecule has 3 aromatic carbocycles. The molecule has 0 bridgehead atoms. The van der Waals surface area contributed by atoms with Gasteiger partial charge in [-0.05, 0) is 119 Å². The van der Waals surface area contributed by atoms with Gasteiger partial charge in [-0.15, -0.1) is 0 Å². The van der Waals surface area contributed by atoms with Crippen LogP contribution in [0, 0.1) is 17.5 Å².